The van der Waals surface area contributed by atoms with Crippen molar-refractivity contribution in [1.82, 2.24) is 4.72 Å². The van der Waals surface area contributed by atoms with Crippen LogP contribution in [0.15, 0.2) is 24.3 Å². The highest BCUT2D eigenvalue weighted by Gasteiger charge is 2.28. The zero-order valence-electron chi connectivity index (χ0n) is 11.3. The molecule has 0 spiro atoms. The molecular formula is C13H16N2O4S2. The topological polar surface area (TPSA) is 104 Å². The summed E-state index contributed by atoms with van der Waals surface area (Å²) < 4.78 is 49.1. The quantitative estimate of drug-likeness (QED) is 0.843. The molecule has 2 rings (SSSR count). The van der Waals surface area contributed by atoms with Crippen molar-refractivity contribution in [3.05, 3.63) is 35.4 Å². The van der Waals surface area contributed by atoms with Crippen molar-refractivity contribution in [2.45, 2.75) is 12.2 Å². The minimum absolute atomic E-state index is 0.0320. The van der Waals surface area contributed by atoms with E-state index in [2.05, 4.69) is 4.72 Å². The summed E-state index contributed by atoms with van der Waals surface area (Å²) in [5.41, 5.74) is 0.762. The molecule has 1 aromatic carbocycles. The zero-order chi connectivity index (χ0) is 15.5. The van der Waals surface area contributed by atoms with Gasteiger partial charge in [-0.1, -0.05) is 18.2 Å². The monoisotopic (exact) mass is 328 g/mol. The fourth-order valence-electron chi connectivity index (χ4n) is 2.29. The number of benzene rings is 1. The Hall–Kier alpha value is -1.43. The fraction of sp³-hybridized carbons (Fsp3) is 0.462. The summed E-state index contributed by atoms with van der Waals surface area (Å²) in [4.78, 5) is 0. The highest BCUT2D eigenvalue weighted by molar-refractivity contribution is 7.91. The van der Waals surface area contributed by atoms with Crippen LogP contribution < -0.4 is 4.72 Å². The molecule has 0 amide bonds. The van der Waals surface area contributed by atoms with Crippen molar-refractivity contribution < 1.29 is 16.8 Å². The smallest absolute Gasteiger partial charge is 0.215 e. The van der Waals surface area contributed by atoms with Crippen LogP contribution in [0.3, 0.4) is 0 Å². The van der Waals surface area contributed by atoms with Crippen LogP contribution in [-0.4, -0.2) is 34.9 Å². The molecule has 1 heterocycles. The predicted octanol–water partition coefficient (Wildman–Crippen LogP) is 0.412. The molecule has 1 unspecified atom stereocenters. The lowest BCUT2D eigenvalue weighted by Crippen LogP contribution is -2.31. The molecule has 0 bridgehead atoms. The van der Waals surface area contributed by atoms with E-state index in [1.54, 1.807) is 24.3 Å². The van der Waals surface area contributed by atoms with Crippen molar-refractivity contribution in [3.63, 3.8) is 0 Å². The van der Waals surface area contributed by atoms with Crippen LogP contribution in [0.25, 0.3) is 0 Å². The number of nitrogens with zero attached hydrogens (tertiary/aromatic N) is 1. The van der Waals surface area contributed by atoms with Gasteiger partial charge in [-0.05, 0) is 24.0 Å². The lowest BCUT2D eigenvalue weighted by Gasteiger charge is -2.11. The first-order valence-electron chi connectivity index (χ1n) is 6.47. The Morgan fingerprint density at radius 1 is 1.33 bits per heavy atom. The largest absolute Gasteiger partial charge is 0.229 e. The average Bonchev–Trinajstić information content (AvgIpc) is 2.76. The molecule has 1 saturated heterocycles. The van der Waals surface area contributed by atoms with E-state index in [0.29, 0.717) is 17.5 Å². The van der Waals surface area contributed by atoms with Crippen LogP contribution in [0, 0.1) is 17.2 Å². The Bertz CT molecular complexity index is 764. The molecule has 0 aromatic heterocycles. The molecule has 21 heavy (non-hydrogen) atoms. The Morgan fingerprint density at radius 2 is 2.05 bits per heavy atom. The molecular weight excluding hydrogens is 312 g/mol. The van der Waals surface area contributed by atoms with E-state index in [-0.39, 0.29) is 29.7 Å². The normalized spacial score (nSPS) is 21.0. The van der Waals surface area contributed by atoms with Crippen molar-refractivity contribution in [2.75, 3.05) is 18.1 Å². The van der Waals surface area contributed by atoms with Crippen LogP contribution >= 0.6 is 0 Å². The molecule has 1 atom stereocenters. The van der Waals surface area contributed by atoms with E-state index in [9.17, 15) is 16.8 Å². The Labute approximate surface area is 124 Å². The third-order valence-corrected chi connectivity index (χ3v) is 6.54. The van der Waals surface area contributed by atoms with Gasteiger partial charge < -0.3 is 0 Å². The summed E-state index contributed by atoms with van der Waals surface area (Å²) in [6.07, 6.45) is 0.486. The number of rotatable bonds is 5. The number of nitriles is 1. The number of sulfonamides is 1. The van der Waals surface area contributed by atoms with Gasteiger partial charge in [0.2, 0.25) is 10.0 Å². The molecule has 1 aromatic rings. The number of hydrogen-bond acceptors (Lipinski definition) is 5. The minimum atomic E-state index is -3.59. The Balaban J connectivity index is 1.98. The van der Waals surface area contributed by atoms with Crippen LogP contribution in [0.2, 0.25) is 0 Å². The Kier molecular flexibility index (Phi) is 4.66. The molecule has 8 heteroatoms. The van der Waals surface area contributed by atoms with E-state index in [1.165, 1.54) is 0 Å². The van der Waals surface area contributed by atoms with E-state index in [1.807, 2.05) is 6.07 Å². The zero-order valence-corrected chi connectivity index (χ0v) is 13.0. The summed E-state index contributed by atoms with van der Waals surface area (Å²) in [5, 5.41) is 8.94. The van der Waals surface area contributed by atoms with E-state index in [4.69, 9.17) is 5.26 Å². The summed E-state index contributed by atoms with van der Waals surface area (Å²) >= 11 is 0. The van der Waals surface area contributed by atoms with Gasteiger partial charge in [-0.3, -0.25) is 0 Å². The SMILES string of the molecule is N#Cc1ccccc1CS(=O)(=O)NCC1CCS(=O)(=O)C1. The van der Waals surface area contributed by atoms with Gasteiger partial charge in [-0.2, -0.15) is 5.26 Å². The summed E-state index contributed by atoms with van der Waals surface area (Å²) in [5.74, 6) is -0.298. The van der Waals surface area contributed by atoms with Crippen molar-refractivity contribution in [3.8, 4) is 6.07 Å². The van der Waals surface area contributed by atoms with Crippen molar-refractivity contribution in [1.29, 1.82) is 5.26 Å². The van der Waals surface area contributed by atoms with E-state index in [0.717, 1.165) is 0 Å². The number of nitrogens with one attached hydrogen (secondary N) is 1. The molecule has 114 valence electrons. The van der Waals surface area contributed by atoms with Crippen LogP contribution in [-0.2, 0) is 25.6 Å². The average molecular weight is 328 g/mol. The van der Waals surface area contributed by atoms with Crippen LogP contribution in [0.4, 0.5) is 0 Å². The second-order valence-corrected chi connectivity index (χ2v) is 9.18. The maximum Gasteiger partial charge on any atom is 0.215 e. The third-order valence-electron chi connectivity index (χ3n) is 3.40. The summed E-state index contributed by atoms with van der Waals surface area (Å²) in [7, 11) is -6.60. The van der Waals surface area contributed by atoms with Gasteiger partial charge in [0.05, 0.1) is 28.9 Å². The molecule has 0 aliphatic carbocycles. The second kappa shape index (κ2) is 6.13. The van der Waals surface area contributed by atoms with E-state index < -0.39 is 19.9 Å². The maximum atomic E-state index is 12.0. The highest BCUT2D eigenvalue weighted by atomic mass is 32.2. The summed E-state index contributed by atoms with van der Waals surface area (Å²) in [6.45, 7) is 0.121. The molecule has 1 aliphatic rings. The standard InChI is InChI=1S/C13H16N2O4S2/c14-7-12-3-1-2-4-13(12)10-21(18,19)15-8-11-5-6-20(16,17)9-11/h1-4,11,15H,5-6,8-10H2. The first-order valence-corrected chi connectivity index (χ1v) is 9.94. The second-order valence-electron chi connectivity index (χ2n) is 5.15. The van der Waals surface area contributed by atoms with Crippen LogP contribution in [0.5, 0.6) is 0 Å². The Morgan fingerprint density at radius 3 is 2.67 bits per heavy atom. The molecule has 6 nitrogen and oxygen atoms in total. The fourth-order valence-corrected chi connectivity index (χ4v) is 5.40. The van der Waals surface area contributed by atoms with Gasteiger partial charge in [-0.25, -0.2) is 21.6 Å². The maximum absolute atomic E-state index is 12.0. The molecule has 0 saturated carbocycles. The van der Waals surface area contributed by atoms with Crippen molar-refractivity contribution >= 4 is 19.9 Å². The van der Waals surface area contributed by atoms with Gasteiger partial charge in [0.25, 0.3) is 0 Å². The highest BCUT2D eigenvalue weighted by Crippen LogP contribution is 2.18. The first kappa shape index (κ1) is 15.9. The first-order chi connectivity index (χ1) is 9.81. The van der Waals surface area contributed by atoms with E-state index >= 15 is 0 Å². The molecule has 1 aliphatic heterocycles. The number of sulfone groups is 1. The minimum Gasteiger partial charge on any atom is -0.229 e. The lowest BCUT2D eigenvalue weighted by atomic mass is 10.1. The van der Waals surface area contributed by atoms with Gasteiger partial charge in [0, 0.05) is 6.54 Å². The van der Waals surface area contributed by atoms with Crippen molar-refractivity contribution in [2.24, 2.45) is 5.92 Å². The third kappa shape index (κ3) is 4.52. The predicted molar refractivity (Wildman–Crippen MR) is 78.5 cm³/mol. The van der Waals surface area contributed by atoms with Gasteiger partial charge in [-0.15, -0.1) is 0 Å². The molecule has 1 N–H and O–H groups in total. The molecule has 1 fully saturated rings. The van der Waals surface area contributed by atoms with Crippen LogP contribution in [0.1, 0.15) is 17.5 Å². The summed E-state index contributed by atoms with van der Waals surface area (Å²) in [6, 6.07) is 8.46. The number of hydrogen-bond donors (Lipinski definition) is 1. The lowest BCUT2D eigenvalue weighted by molar-refractivity contribution is 0.542. The van der Waals surface area contributed by atoms with Gasteiger partial charge in [0.1, 0.15) is 0 Å². The van der Waals surface area contributed by atoms with Gasteiger partial charge >= 0.3 is 0 Å². The molecule has 0 radical (unpaired) electrons. The van der Waals surface area contributed by atoms with Gasteiger partial charge in [0.15, 0.2) is 9.84 Å².